The molecule has 0 radical (unpaired) electrons. The number of phenols is 1. The summed E-state index contributed by atoms with van der Waals surface area (Å²) in [5.74, 6) is 1.24. The Morgan fingerprint density at radius 3 is 2.20 bits per heavy atom. The van der Waals surface area contributed by atoms with Crippen molar-refractivity contribution in [2.75, 3.05) is 5.75 Å². The number of carbonyl (C=O) groups is 1. The zero-order valence-electron chi connectivity index (χ0n) is 20.0. The van der Waals surface area contributed by atoms with Gasteiger partial charge in [-0.05, 0) is 41.4 Å². The summed E-state index contributed by atoms with van der Waals surface area (Å²) < 4.78 is 5.38. The Morgan fingerprint density at radius 2 is 1.60 bits per heavy atom. The average Bonchev–Trinajstić information content (AvgIpc) is 2.88. The van der Waals surface area contributed by atoms with Crippen molar-refractivity contribution in [3.05, 3.63) is 101 Å². The lowest BCUT2D eigenvalue weighted by atomic mass is 9.97. The number of aromatic hydroxyl groups is 1. The van der Waals surface area contributed by atoms with Gasteiger partial charge < -0.3 is 15.2 Å². The lowest BCUT2D eigenvalue weighted by molar-refractivity contribution is -0.191. The zero-order chi connectivity index (χ0) is 25.5. The Hall–Kier alpha value is -3.54. The highest BCUT2D eigenvalue weighted by molar-refractivity contribution is 7.99. The van der Waals surface area contributed by atoms with Gasteiger partial charge in [0, 0.05) is 11.6 Å². The van der Waals surface area contributed by atoms with Gasteiger partial charge in [-0.1, -0.05) is 86.6 Å². The monoisotopic (exact) mass is 493 g/mol. The summed E-state index contributed by atoms with van der Waals surface area (Å²) in [6.07, 6.45) is 1.29. The lowest BCUT2D eigenvalue weighted by Gasteiger charge is -2.21. The van der Waals surface area contributed by atoms with Gasteiger partial charge in [0.25, 0.3) is 0 Å². The zero-order valence-corrected chi connectivity index (χ0v) is 20.8. The molecule has 0 saturated carbocycles. The van der Waals surface area contributed by atoms with Crippen LogP contribution in [-0.4, -0.2) is 29.1 Å². The van der Waals surface area contributed by atoms with Gasteiger partial charge in [-0.3, -0.25) is 0 Å². The number of phenolic OH excluding ortho intramolecular Hbond substituents is 1. The molecule has 6 nitrogen and oxygen atoms in total. The van der Waals surface area contributed by atoms with E-state index in [1.807, 2.05) is 61.5 Å². The second-order valence-corrected chi connectivity index (χ2v) is 9.12. The highest BCUT2D eigenvalue weighted by Crippen LogP contribution is 2.40. The van der Waals surface area contributed by atoms with Crippen molar-refractivity contribution in [2.45, 2.75) is 44.6 Å². The van der Waals surface area contributed by atoms with Crippen LogP contribution >= 0.6 is 11.8 Å². The van der Waals surface area contributed by atoms with Gasteiger partial charge in [0.1, 0.15) is 12.4 Å². The number of hydrogen-bond donors (Lipinski definition) is 2. The molecule has 2 unspecified atom stereocenters. The fourth-order valence-corrected chi connectivity index (χ4v) is 4.67. The summed E-state index contributed by atoms with van der Waals surface area (Å²) in [5.41, 5.74) is 4.11. The SMILES string of the molecule is CCSC(c1ccccc1)c1cc(CC(CC)NC(=O)OCc2ccccc2)ccc1O.O=C=O. The van der Waals surface area contributed by atoms with E-state index >= 15 is 0 Å². The highest BCUT2D eigenvalue weighted by Gasteiger charge is 2.19. The van der Waals surface area contributed by atoms with Gasteiger partial charge >= 0.3 is 12.2 Å². The molecule has 0 spiro atoms. The molecule has 3 rings (SSSR count). The van der Waals surface area contributed by atoms with Crippen LogP contribution in [0.5, 0.6) is 5.75 Å². The summed E-state index contributed by atoms with van der Waals surface area (Å²) >= 11 is 1.80. The molecule has 3 aromatic carbocycles. The number of carbonyl (C=O) groups excluding carboxylic acids is 3. The summed E-state index contributed by atoms with van der Waals surface area (Å²) in [6.45, 7) is 4.42. The minimum atomic E-state index is -0.414. The number of ether oxygens (including phenoxy) is 1. The van der Waals surface area contributed by atoms with E-state index in [1.165, 1.54) is 5.56 Å². The molecule has 1 amide bonds. The van der Waals surface area contributed by atoms with Crippen molar-refractivity contribution in [3.8, 4) is 5.75 Å². The minimum Gasteiger partial charge on any atom is -0.508 e. The van der Waals surface area contributed by atoms with Gasteiger partial charge in [-0.2, -0.15) is 9.59 Å². The topological polar surface area (TPSA) is 92.7 Å². The molecule has 0 fully saturated rings. The highest BCUT2D eigenvalue weighted by atomic mass is 32.2. The maximum Gasteiger partial charge on any atom is 0.407 e. The van der Waals surface area contributed by atoms with E-state index < -0.39 is 6.09 Å². The van der Waals surface area contributed by atoms with Gasteiger partial charge in [0.15, 0.2) is 0 Å². The van der Waals surface area contributed by atoms with E-state index in [2.05, 4.69) is 30.4 Å². The average molecular weight is 494 g/mol. The fourth-order valence-electron chi connectivity index (χ4n) is 3.61. The Balaban J connectivity index is 0.00000137. The van der Waals surface area contributed by atoms with Gasteiger partial charge in [-0.15, -0.1) is 11.8 Å². The molecule has 2 atom stereocenters. The summed E-state index contributed by atoms with van der Waals surface area (Å²) in [7, 11) is 0. The molecule has 0 aliphatic carbocycles. The standard InChI is InChI=1S/C27H31NO3S.CO2/c1-3-23(28-27(30)31-19-20-11-7-5-8-12-20)17-21-15-16-25(29)24(18-21)26(32-4-2)22-13-9-6-10-14-22;2-1-3/h5-16,18,23,26,29H,3-4,17,19H2,1-2H3,(H,28,30);. The second kappa shape index (κ2) is 15.4. The maximum atomic E-state index is 12.3. The third-order valence-electron chi connectivity index (χ3n) is 5.32. The smallest absolute Gasteiger partial charge is 0.407 e. The summed E-state index contributed by atoms with van der Waals surface area (Å²) in [5, 5.41) is 13.6. The van der Waals surface area contributed by atoms with Crippen LogP contribution in [0.4, 0.5) is 4.79 Å². The summed E-state index contributed by atoms with van der Waals surface area (Å²) in [4.78, 5) is 28.5. The van der Waals surface area contributed by atoms with Crippen molar-refractivity contribution < 1.29 is 24.2 Å². The molecule has 2 N–H and O–H groups in total. The first kappa shape index (κ1) is 27.7. The van der Waals surface area contributed by atoms with Crippen LogP contribution in [0.3, 0.4) is 0 Å². The minimum absolute atomic E-state index is 0.0512. The molecule has 3 aromatic rings. The molecule has 0 aliphatic heterocycles. The number of rotatable bonds is 10. The molecule has 7 heteroatoms. The third kappa shape index (κ3) is 9.32. The van der Waals surface area contributed by atoms with Crippen molar-refractivity contribution in [1.82, 2.24) is 5.32 Å². The van der Waals surface area contributed by atoms with Gasteiger partial charge in [0.2, 0.25) is 0 Å². The predicted molar refractivity (Wildman–Crippen MR) is 137 cm³/mol. The second-order valence-electron chi connectivity index (χ2n) is 7.74. The number of thioether (sulfide) groups is 1. The lowest BCUT2D eigenvalue weighted by Crippen LogP contribution is -2.36. The molecule has 0 aromatic heterocycles. The van der Waals surface area contributed by atoms with Gasteiger partial charge in [-0.25, -0.2) is 4.79 Å². The van der Waals surface area contributed by atoms with Crippen molar-refractivity contribution in [3.63, 3.8) is 0 Å². The Kier molecular flexibility index (Phi) is 12.2. The molecule has 35 heavy (non-hydrogen) atoms. The van der Waals surface area contributed by atoms with E-state index in [9.17, 15) is 9.90 Å². The fraction of sp³-hybridized carbons (Fsp3) is 0.286. The van der Waals surface area contributed by atoms with Crippen molar-refractivity contribution >= 4 is 24.0 Å². The Morgan fingerprint density at radius 1 is 0.971 bits per heavy atom. The quantitative estimate of drug-likeness (QED) is 0.365. The first-order valence-corrected chi connectivity index (χ1v) is 12.5. The normalized spacial score (nSPS) is 11.8. The first-order chi connectivity index (χ1) is 17.0. The molecular weight excluding hydrogens is 462 g/mol. The molecule has 0 saturated heterocycles. The predicted octanol–water partition coefficient (Wildman–Crippen LogP) is 5.90. The summed E-state index contributed by atoms with van der Waals surface area (Å²) in [6, 6.07) is 25.6. The van der Waals surface area contributed by atoms with Crippen molar-refractivity contribution in [2.24, 2.45) is 0 Å². The number of hydrogen-bond acceptors (Lipinski definition) is 6. The van der Waals surface area contributed by atoms with E-state index in [4.69, 9.17) is 14.3 Å². The van der Waals surface area contributed by atoms with Gasteiger partial charge in [0.05, 0.1) is 5.25 Å². The molecular formula is C28H31NO5S. The number of alkyl carbamates (subject to hydrolysis) is 1. The number of benzene rings is 3. The van der Waals surface area contributed by atoms with Crippen LogP contribution in [-0.2, 0) is 27.4 Å². The largest absolute Gasteiger partial charge is 0.508 e. The maximum absolute atomic E-state index is 12.3. The molecule has 0 aliphatic rings. The molecule has 0 heterocycles. The van der Waals surface area contributed by atoms with Crippen LogP contribution in [0.25, 0.3) is 0 Å². The van der Waals surface area contributed by atoms with E-state index in [1.54, 1.807) is 17.8 Å². The van der Waals surface area contributed by atoms with Crippen LogP contribution < -0.4 is 5.32 Å². The molecule has 184 valence electrons. The molecule has 0 bridgehead atoms. The van der Waals surface area contributed by atoms with Crippen LogP contribution in [0.15, 0.2) is 78.9 Å². The van der Waals surface area contributed by atoms with E-state index in [-0.39, 0.29) is 24.1 Å². The Bertz CT molecular complexity index is 1070. The van der Waals surface area contributed by atoms with Crippen LogP contribution in [0.2, 0.25) is 0 Å². The third-order valence-corrected chi connectivity index (χ3v) is 6.51. The van der Waals surface area contributed by atoms with Crippen molar-refractivity contribution in [1.29, 1.82) is 0 Å². The van der Waals surface area contributed by atoms with Crippen LogP contribution in [0.1, 0.15) is 47.8 Å². The van der Waals surface area contributed by atoms with E-state index in [0.717, 1.165) is 28.9 Å². The number of nitrogens with one attached hydrogen (secondary N) is 1. The Labute approximate surface area is 210 Å². The van der Waals surface area contributed by atoms with Crippen LogP contribution in [0, 0.1) is 0 Å². The first-order valence-electron chi connectivity index (χ1n) is 11.5. The number of amides is 1. The van der Waals surface area contributed by atoms with E-state index in [0.29, 0.717) is 12.2 Å².